The molecule has 0 unspecified atom stereocenters. The first-order chi connectivity index (χ1) is 7.27. The Bertz CT molecular complexity index is 391. The molecule has 0 amide bonds. The lowest BCUT2D eigenvalue weighted by Gasteiger charge is -2.13. The Morgan fingerprint density at radius 1 is 1.31 bits per heavy atom. The van der Waals surface area contributed by atoms with Crippen LogP contribution in [0, 0.1) is 0 Å². The van der Waals surface area contributed by atoms with Gasteiger partial charge in [-0.05, 0) is 6.07 Å². The second-order valence-corrected chi connectivity index (χ2v) is 3.43. The zero-order valence-corrected chi connectivity index (χ0v) is 8.97. The highest BCUT2D eigenvalue weighted by Gasteiger charge is 2.38. The fourth-order valence-corrected chi connectivity index (χ4v) is 1.52. The lowest BCUT2D eigenvalue weighted by molar-refractivity contribution is -0.143. The van der Waals surface area contributed by atoms with Crippen molar-refractivity contribution in [2.75, 3.05) is 0 Å². The van der Waals surface area contributed by atoms with Gasteiger partial charge in [0.2, 0.25) is 0 Å². The predicted octanol–water partition coefficient (Wildman–Crippen LogP) is 4.43. The average Bonchev–Trinajstić information content (AvgIpc) is 2.15. The molecule has 0 aliphatic carbocycles. The largest absolute Gasteiger partial charge is 0.433 e. The molecule has 8 heteroatoms. The van der Waals surface area contributed by atoms with Crippen molar-refractivity contribution < 1.29 is 22.0 Å². The topological polar surface area (TPSA) is 12.9 Å². The summed E-state index contributed by atoms with van der Waals surface area (Å²) in [4.78, 5) is 2.91. The number of aromatic nitrogens is 1. The molecular formula is C8H4Cl2F5N. The Hall–Kier alpha value is -0.620. The first-order valence-corrected chi connectivity index (χ1v) is 4.79. The summed E-state index contributed by atoms with van der Waals surface area (Å²) in [7, 11) is 0. The highest BCUT2D eigenvalue weighted by Crippen LogP contribution is 2.37. The molecule has 0 aliphatic rings. The third-order valence-corrected chi connectivity index (χ3v) is 2.34. The second-order valence-electron chi connectivity index (χ2n) is 2.81. The molecule has 0 aliphatic heterocycles. The van der Waals surface area contributed by atoms with Crippen molar-refractivity contribution in [3.8, 4) is 0 Å². The van der Waals surface area contributed by atoms with Crippen LogP contribution < -0.4 is 0 Å². The number of pyridine rings is 1. The van der Waals surface area contributed by atoms with Gasteiger partial charge in [-0.3, -0.25) is 0 Å². The maximum atomic E-state index is 12.4. The van der Waals surface area contributed by atoms with Crippen molar-refractivity contribution in [3.63, 3.8) is 0 Å². The van der Waals surface area contributed by atoms with E-state index < -0.39 is 29.0 Å². The summed E-state index contributed by atoms with van der Waals surface area (Å²) in [5, 5.41) is -0.522. The van der Waals surface area contributed by atoms with Gasteiger partial charge in [0.05, 0.1) is 5.88 Å². The monoisotopic (exact) mass is 279 g/mol. The first kappa shape index (κ1) is 13.4. The van der Waals surface area contributed by atoms with Crippen LogP contribution in [-0.2, 0) is 12.1 Å². The highest BCUT2D eigenvalue weighted by molar-refractivity contribution is 6.31. The molecule has 0 spiro atoms. The summed E-state index contributed by atoms with van der Waals surface area (Å²) in [6.45, 7) is 0. The third kappa shape index (κ3) is 2.74. The summed E-state index contributed by atoms with van der Waals surface area (Å²) in [6.07, 6.45) is -8.26. The van der Waals surface area contributed by atoms with Gasteiger partial charge in [0, 0.05) is 11.1 Å². The van der Waals surface area contributed by atoms with Gasteiger partial charge in [0.25, 0.3) is 6.43 Å². The van der Waals surface area contributed by atoms with E-state index in [0.717, 1.165) is 0 Å². The van der Waals surface area contributed by atoms with Crippen LogP contribution in [0.5, 0.6) is 0 Å². The Morgan fingerprint density at radius 3 is 2.25 bits per heavy atom. The van der Waals surface area contributed by atoms with Gasteiger partial charge in [-0.2, -0.15) is 13.2 Å². The molecule has 0 saturated heterocycles. The number of nitrogens with zero attached hydrogens (tertiary/aromatic N) is 1. The maximum Gasteiger partial charge on any atom is 0.433 e. The van der Waals surface area contributed by atoms with E-state index in [1.54, 1.807) is 0 Å². The van der Waals surface area contributed by atoms with Gasteiger partial charge >= 0.3 is 6.18 Å². The van der Waals surface area contributed by atoms with Crippen LogP contribution in [-0.4, -0.2) is 4.98 Å². The molecule has 90 valence electrons. The lowest BCUT2D eigenvalue weighted by atomic mass is 10.1. The molecule has 1 aromatic heterocycles. The number of rotatable bonds is 2. The molecule has 1 nitrogen and oxygen atoms in total. The Balaban J connectivity index is 3.42. The van der Waals surface area contributed by atoms with Crippen molar-refractivity contribution in [1.29, 1.82) is 0 Å². The first-order valence-electron chi connectivity index (χ1n) is 3.88. The van der Waals surface area contributed by atoms with Crippen LogP contribution in [0.15, 0.2) is 6.07 Å². The molecule has 1 heterocycles. The van der Waals surface area contributed by atoms with Crippen LogP contribution in [0.25, 0.3) is 0 Å². The van der Waals surface area contributed by atoms with E-state index in [0.29, 0.717) is 6.07 Å². The van der Waals surface area contributed by atoms with Crippen LogP contribution in [0.3, 0.4) is 0 Å². The zero-order valence-electron chi connectivity index (χ0n) is 7.45. The highest BCUT2D eigenvalue weighted by atomic mass is 35.5. The fourth-order valence-electron chi connectivity index (χ4n) is 1.04. The predicted molar refractivity (Wildman–Crippen MR) is 48.8 cm³/mol. The van der Waals surface area contributed by atoms with Crippen LogP contribution >= 0.6 is 23.2 Å². The normalized spacial score (nSPS) is 12.2. The molecular weight excluding hydrogens is 276 g/mol. The van der Waals surface area contributed by atoms with E-state index in [-0.39, 0.29) is 11.4 Å². The molecule has 16 heavy (non-hydrogen) atoms. The molecule has 0 fully saturated rings. The van der Waals surface area contributed by atoms with E-state index in [4.69, 9.17) is 23.2 Å². The molecule has 0 radical (unpaired) electrons. The van der Waals surface area contributed by atoms with Crippen LogP contribution in [0.1, 0.15) is 23.2 Å². The zero-order chi connectivity index (χ0) is 12.5. The number of hydrogen-bond donors (Lipinski definition) is 0. The van der Waals surface area contributed by atoms with Crippen molar-refractivity contribution in [2.24, 2.45) is 0 Å². The van der Waals surface area contributed by atoms with Gasteiger partial charge in [-0.15, -0.1) is 11.6 Å². The van der Waals surface area contributed by atoms with Crippen molar-refractivity contribution in [3.05, 3.63) is 28.0 Å². The second kappa shape index (κ2) is 4.71. The van der Waals surface area contributed by atoms with E-state index >= 15 is 0 Å². The average molecular weight is 280 g/mol. The van der Waals surface area contributed by atoms with Crippen molar-refractivity contribution >= 4 is 23.2 Å². The van der Waals surface area contributed by atoms with E-state index in [9.17, 15) is 22.0 Å². The van der Waals surface area contributed by atoms with E-state index in [2.05, 4.69) is 4.98 Å². The van der Waals surface area contributed by atoms with Gasteiger partial charge in [-0.1, -0.05) is 11.6 Å². The van der Waals surface area contributed by atoms with Gasteiger partial charge in [0.1, 0.15) is 5.15 Å². The van der Waals surface area contributed by atoms with Crippen LogP contribution in [0.4, 0.5) is 22.0 Å². The summed E-state index contributed by atoms with van der Waals surface area (Å²) in [6, 6.07) is 0.621. The lowest BCUT2D eigenvalue weighted by Crippen LogP contribution is -2.13. The van der Waals surface area contributed by atoms with E-state index in [1.807, 2.05) is 0 Å². The molecule has 1 aromatic rings. The number of hydrogen-bond acceptors (Lipinski definition) is 1. The van der Waals surface area contributed by atoms with Gasteiger partial charge in [0.15, 0.2) is 5.69 Å². The summed E-state index contributed by atoms with van der Waals surface area (Å²) < 4.78 is 61.8. The van der Waals surface area contributed by atoms with Gasteiger partial charge < -0.3 is 0 Å². The SMILES string of the molecule is FC(F)c1cc(CCl)c(Cl)nc1C(F)(F)F. The van der Waals surface area contributed by atoms with Crippen LogP contribution in [0.2, 0.25) is 5.15 Å². The molecule has 1 rings (SSSR count). The molecule has 0 saturated carbocycles. The Labute approximate surface area is 97.2 Å². The summed E-state index contributed by atoms with van der Waals surface area (Å²) in [5.41, 5.74) is -2.96. The smallest absolute Gasteiger partial charge is 0.231 e. The number of halogens is 7. The standard InChI is InChI=1S/C8H4Cl2F5N/c9-2-3-1-4(7(11)12)5(8(13,14)15)16-6(3)10/h1,7H,2H2. The molecule has 0 aromatic carbocycles. The molecule has 0 N–H and O–H groups in total. The van der Waals surface area contributed by atoms with Crippen molar-refractivity contribution in [2.45, 2.75) is 18.5 Å². The molecule has 0 bridgehead atoms. The number of alkyl halides is 6. The minimum atomic E-state index is -4.97. The Morgan fingerprint density at radius 2 is 1.88 bits per heavy atom. The quantitative estimate of drug-likeness (QED) is 0.443. The summed E-state index contributed by atoms with van der Waals surface area (Å²) >= 11 is 10.7. The fraction of sp³-hybridized carbons (Fsp3) is 0.375. The minimum Gasteiger partial charge on any atom is -0.231 e. The summed E-state index contributed by atoms with van der Waals surface area (Å²) in [5.74, 6) is -0.288. The maximum absolute atomic E-state index is 12.4. The molecule has 0 atom stereocenters. The third-order valence-electron chi connectivity index (χ3n) is 1.73. The Kier molecular flexibility index (Phi) is 3.96. The van der Waals surface area contributed by atoms with Gasteiger partial charge in [-0.25, -0.2) is 13.8 Å². The van der Waals surface area contributed by atoms with Crippen molar-refractivity contribution in [1.82, 2.24) is 4.98 Å². The van der Waals surface area contributed by atoms with E-state index in [1.165, 1.54) is 0 Å². The minimum absolute atomic E-state index is 0.0633.